The molecular weight excluding hydrogens is 444 g/mol. The smallest absolute Gasteiger partial charge is 0.258 e. The van der Waals surface area contributed by atoms with E-state index in [1.807, 2.05) is 23.1 Å². The first-order chi connectivity index (χ1) is 14.4. The third kappa shape index (κ3) is 3.61. The van der Waals surface area contributed by atoms with E-state index in [9.17, 15) is 13.2 Å². The van der Waals surface area contributed by atoms with Crippen LogP contribution in [0.25, 0.3) is 10.9 Å². The van der Waals surface area contributed by atoms with Crippen LogP contribution in [-0.2, 0) is 15.6 Å². The highest BCUT2D eigenvalue weighted by Crippen LogP contribution is 2.36. The van der Waals surface area contributed by atoms with Gasteiger partial charge in [-0.05, 0) is 30.3 Å². The third-order valence-electron chi connectivity index (χ3n) is 5.19. The van der Waals surface area contributed by atoms with Gasteiger partial charge in [-0.3, -0.25) is 9.79 Å². The average Bonchev–Trinajstić information content (AvgIpc) is 3.17. The van der Waals surface area contributed by atoms with Crippen LogP contribution in [0.2, 0.25) is 5.02 Å². The second kappa shape index (κ2) is 7.40. The highest BCUT2D eigenvalue weighted by atomic mass is 35.5. The predicted molar refractivity (Wildman–Crippen MR) is 121 cm³/mol. The number of thioether (sulfide) groups is 1. The zero-order valence-corrected chi connectivity index (χ0v) is 18.0. The van der Waals surface area contributed by atoms with Gasteiger partial charge in [0.05, 0.1) is 40.2 Å². The van der Waals surface area contributed by atoms with Crippen molar-refractivity contribution in [2.75, 3.05) is 16.4 Å². The molecule has 1 N–H and O–H groups in total. The molecule has 7 nitrogen and oxygen atoms in total. The van der Waals surface area contributed by atoms with E-state index in [1.165, 1.54) is 11.8 Å². The number of sulfone groups is 1. The number of nitrogens with zero attached hydrogens (tertiary/aromatic N) is 3. The number of amidine groups is 1. The fraction of sp³-hybridized carbons (Fsp3) is 0.250. The van der Waals surface area contributed by atoms with Gasteiger partial charge in [-0.1, -0.05) is 41.6 Å². The number of aliphatic imine (C=N–C) groups is 1. The lowest BCUT2D eigenvalue weighted by Gasteiger charge is -2.26. The van der Waals surface area contributed by atoms with Crippen molar-refractivity contribution in [3.63, 3.8) is 0 Å². The molecule has 2 atom stereocenters. The van der Waals surface area contributed by atoms with E-state index in [0.29, 0.717) is 32.7 Å². The molecule has 3 heterocycles. The molecule has 0 amide bonds. The second-order valence-electron chi connectivity index (χ2n) is 7.29. The van der Waals surface area contributed by atoms with Gasteiger partial charge in [0, 0.05) is 10.7 Å². The number of rotatable bonds is 3. The topological polar surface area (TPSA) is 95.5 Å². The van der Waals surface area contributed by atoms with Crippen molar-refractivity contribution in [2.45, 2.75) is 17.8 Å². The van der Waals surface area contributed by atoms with E-state index in [4.69, 9.17) is 16.6 Å². The standard InChI is InChI=1S/C20H17ClN4O3S2/c21-12-4-3-5-13(8-12)25-17-11-30(27,28)10-16(17)23-20(25)29-9-18-22-15-7-2-1-6-14(15)19(26)24-18/h1-8,16-17H,9-11H2,(H,22,24,26)/t16-,17+/m1/s1. The molecule has 2 aromatic carbocycles. The van der Waals surface area contributed by atoms with Crippen molar-refractivity contribution in [3.8, 4) is 0 Å². The molecule has 2 aliphatic heterocycles. The predicted octanol–water partition coefficient (Wildman–Crippen LogP) is 2.85. The second-order valence-corrected chi connectivity index (χ2v) is 10.8. The summed E-state index contributed by atoms with van der Waals surface area (Å²) in [6, 6.07) is 13.9. The first kappa shape index (κ1) is 19.6. The van der Waals surface area contributed by atoms with Gasteiger partial charge in [0.2, 0.25) is 0 Å². The number of H-pyrrole nitrogens is 1. The van der Waals surface area contributed by atoms with Gasteiger partial charge >= 0.3 is 0 Å². The maximum atomic E-state index is 12.3. The summed E-state index contributed by atoms with van der Waals surface area (Å²) in [6.07, 6.45) is 0. The Kier molecular flexibility index (Phi) is 4.83. The monoisotopic (exact) mass is 460 g/mol. The summed E-state index contributed by atoms with van der Waals surface area (Å²) in [5, 5.41) is 1.82. The molecular formula is C20H17ClN4O3S2. The molecule has 0 radical (unpaired) electrons. The van der Waals surface area contributed by atoms with Gasteiger partial charge in [-0.2, -0.15) is 0 Å². The van der Waals surface area contributed by atoms with Gasteiger partial charge in [-0.15, -0.1) is 0 Å². The maximum absolute atomic E-state index is 12.3. The van der Waals surface area contributed by atoms with Gasteiger partial charge in [0.15, 0.2) is 15.0 Å². The van der Waals surface area contributed by atoms with E-state index in [-0.39, 0.29) is 29.1 Å². The normalized spacial score (nSPS) is 22.3. The van der Waals surface area contributed by atoms with Gasteiger partial charge < -0.3 is 9.88 Å². The van der Waals surface area contributed by atoms with Crippen LogP contribution in [0.15, 0.2) is 58.3 Å². The Bertz CT molecular complexity index is 1340. The zero-order chi connectivity index (χ0) is 20.9. The lowest BCUT2D eigenvalue weighted by Crippen LogP contribution is -2.39. The number of anilines is 1. The quantitative estimate of drug-likeness (QED) is 0.645. The van der Waals surface area contributed by atoms with Crippen LogP contribution < -0.4 is 10.5 Å². The molecule has 2 aliphatic rings. The SMILES string of the molecule is O=c1[nH]c(CSC2=N[C@@H]3CS(=O)(=O)C[C@@H]3N2c2cccc(Cl)c2)nc2ccccc12. The van der Waals surface area contributed by atoms with Crippen LogP contribution in [0.5, 0.6) is 0 Å². The third-order valence-corrected chi connectivity index (χ3v) is 8.11. The van der Waals surface area contributed by atoms with Crippen molar-refractivity contribution in [2.24, 2.45) is 4.99 Å². The number of para-hydroxylation sites is 1. The minimum absolute atomic E-state index is 0.0455. The first-order valence-electron chi connectivity index (χ1n) is 9.33. The van der Waals surface area contributed by atoms with E-state index in [0.717, 1.165) is 5.69 Å². The van der Waals surface area contributed by atoms with E-state index in [2.05, 4.69) is 9.97 Å². The van der Waals surface area contributed by atoms with Crippen molar-refractivity contribution in [1.29, 1.82) is 0 Å². The van der Waals surface area contributed by atoms with Crippen molar-refractivity contribution < 1.29 is 8.42 Å². The largest absolute Gasteiger partial charge is 0.315 e. The Morgan fingerprint density at radius 1 is 1.17 bits per heavy atom. The fourth-order valence-corrected chi connectivity index (χ4v) is 6.92. The molecule has 1 aromatic heterocycles. The maximum Gasteiger partial charge on any atom is 0.258 e. The molecule has 1 fully saturated rings. The molecule has 154 valence electrons. The molecule has 1 saturated heterocycles. The van der Waals surface area contributed by atoms with Crippen LogP contribution in [0, 0.1) is 0 Å². The molecule has 0 spiro atoms. The summed E-state index contributed by atoms with van der Waals surface area (Å²) in [4.78, 5) is 26.3. The Balaban J connectivity index is 1.46. The molecule has 0 bridgehead atoms. The summed E-state index contributed by atoms with van der Waals surface area (Å²) in [6.45, 7) is 0. The van der Waals surface area contributed by atoms with Crippen molar-refractivity contribution in [3.05, 3.63) is 69.7 Å². The van der Waals surface area contributed by atoms with Crippen molar-refractivity contribution in [1.82, 2.24) is 9.97 Å². The number of hydrogen-bond donors (Lipinski definition) is 1. The van der Waals surface area contributed by atoms with E-state index in [1.54, 1.807) is 30.3 Å². The Morgan fingerprint density at radius 3 is 2.83 bits per heavy atom. The molecule has 0 saturated carbocycles. The average molecular weight is 461 g/mol. The highest BCUT2D eigenvalue weighted by Gasteiger charge is 2.47. The molecule has 10 heteroatoms. The van der Waals surface area contributed by atoms with Crippen LogP contribution in [0.4, 0.5) is 5.69 Å². The molecule has 3 aromatic rings. The number of nitrogens with one attached hydrogen (secondary N) is 1. The van der Waals surface area contributed by atoms with E-state index >= 15 is 0 Å². The van der Waals surface area contributed by atoms with Gasteiger partial charge in [-0.25, -0.2) is 13.4 Å². The Hall–Kier alpha value is -2.36. The van der Waals surface area contributed by atoms with Crippen molar-refractivity contribution >= 4 is 55.0 Å². The highest BCUT2D eigenvalue weighted by molar-refractivity contribution is 8.13. The Labute approximate surface area is 182 Å². The Morgan fingerprint density at radius 2 is 2.00 bits per heavy atom. The number of aromatic amines is 1. The van der Waals surface area contributed by atoms with Crippen LogP contribution in [0.1, 0.15) is 5.82 Å². The molecule has 0 aliphatic carbocycles. The van der Waals surface area contributed by atoms with Gasteiger partial charge in [0.1, 0.15) is 5.82 Å². The zero-order valence-electron chi connectivity index (χ0n) is 15.7. The number of fused-ring (bicyclic) bond motifs is 2. The first-order valence-corrected chi connectivity index (χ1v) is 12.5. The molecule has 30 heavy (non-hydrogen) atoms. The lowest BCUT2D eigenvalue weighted by atomic mass is 10.1. The molecule has 5 rings (SSSR count). The van der Waals surface area contributed by atoms with Crippen LogP contribution >= 0.6 is 23.4 Å². The van der Waals surface area contributed by atoms with E-state index < -0.39 is 9.84 Å². The minimum Gasteiger partial charge on any atom is -0.315 e. The van der Waals surface area contributed by atoms with Gasteiger partial charge in [0.25, 0.3) is 5.56 Å². The summed E-state index contributed by atoms with van der Waals surface area (Å²) in [7, 11) is -3.13. The summed E-state index contributed by atoms with van der Waals surface area (Å²) in [5.74, 6) is 1.05. The van der Waals surface area contributed by atoms with Crippen LogP contribution in [0.3, 0.4) is 0 Å². The van der Waals surface area contributed by atoms with Crippen LogP contribution in [-0.4, -0.2) is 47.1 Å². The summed E-state index contributed by atoms with van der Waals surface area (Å²) in [5.41, 5.74) is 1.26. The number of aromatic nitrogens is 2. The molecule has 0 unspecified atom stereocenters. The summed E-state index contributed by atoms with van der Waals surface area (Å²) >= 11 is 7.60. The lowest BCUT2D eigenvalue weighted by molar-refractivity contribution is 0.601. The minimum atomic E-state index is -3.13. The number of hydrogen-bond acceptors (Lipinski definition) is 7. The number of benzene rings is 2. The number of halogens is 1. The fourth-order valence-electron chi connectivity index (χ4n) is 3.90. The summed E-state index contributed by atoms with van der Waals surface area (Å²) < 4.78 is 24.3.